The molecule has 1 aliphatic rings. The van der Waals surface area contributed by atoms with Gasteiger partial charge in [0.05, 0.1) is 19.3 Å². The van der Waals surface area contributed by atoms with E-state index in [9.17, 15) is 4.79 Å². The summed E-state index contributed by atoms with van der Waals surface area (Å²) >= 11 is 6.09. The topological polar surface area (TPSA) is 46.5 Å². The number of nitrogens with zero attached hydrogens (tertiary/aromatic N) is 2. The molecule has 2 heterocycles. The Bertz CT molecular complexity index is 962. The molecule has 1 fully saturated rings. The Morgan fingerprint density at radius 1 is 1.14 bits per heavy atom. The fourth-order valence-corrected chi connectivity index (χ4v) is 3.78. The lowest BCUT2D eigenvalue weighted by atomic mass is 10.1. The van der Waals surface area contributed by atoms with E-state index in [1.807, 2.05) is 42.0 Å². The van der Waals surface area contributed by atoms with E-state index in [4.69, 9.17) is 16.3 Å². The van der Waals surface area contributed by atoms with Crippen molar-refractivity contribution in [2.24, 2.45) is 0 Å². The molecule has 0 saturated carbocycles. The Labute approximate surface area is 169 Å². The molecule has 1 aliphatic heterocycles. The molecular formula is C22H24ClN3O2. The zero-order valence-corrected chi connectivity index (χ0v) is 16.7. The zero-order valence-electron chi connectivity index (χ0n) is 15.9. The van der Waals surface area contributed by atoms with Crippen LogP contribution in [0.4, 0.5) is 5.69 Å². The molecule has 5 nitrogen and oxygen atoms in total. The van der Waals surface area contributed by atoms with E-state index in [2.05, 4.69) is 34.5 Å². The number of carbonyl (C=O) groups is 1. The van der Waals surface area contributed by atoms with Gasteiger partial charge in [-0.1, -0.05) is 29.8 Å². The van der Waals surface area contributed by atoms with Gasteiger partial charge in [0.15, 0.2) is 0 Å². The third-order valence-corrected chi connectivity index (χ3v) is 5.43. The van der Waals surface area contributed by atoms with Crippen molar-refractivity contribution in [3.63, 3.8) is 0 Å². The molecule has 6 heteroatoms. The Morgan fingerprint density at radius 2 is 1.89 bits per heavy atom. The Balaban J connectivity index is 1.39. The van der Waals surface area contributed by atoms with Gasteiger partial charge in [-0.15, -0.1) is 0 Å². The smallest absolute Gasteiger partial charge is 0.240 e. The van der Waals surface area contributed by atoms with Crippen LogP contribution in [0.3, 0.4) is 0 Å². The van der Waals surface area contributed by atoms with Crippen LogP contribution >= 0.6 is 11.6 Å². The molecule has 146 valence electrons. The molecule has 1 N–H and O–H groups in total. The number of carbonyl (C=O) groups excluding carboxylic acids is 1. The van der Waals surface area contributed by atoms with Gasteiger partial charge in [-0.25, -0.2) is 0 Å². The van der Waals surface area contributed by atoms with Crippen LogP contribution in [0.2, 0.25) is 5.02 Å². The third-order valence-electron chi connectivity index (χ3n) is 5.20. The van der Waals surface area contributed by atoms with Crippen molar-refractivity contribution in [3.05, 3.63) is 65.3 Å². The minimum Gasteiger partial charge on any atom is -0.378 e. The van der Waals surface area contributed by atoms with Crippen molar-refractivity contribution >= 4 is 34.1 Å². The monoisotopic (exact) mass is 397 g/mol. The summed E-state index contributed by atoms with van der Waals surface area (Å²) in [6, 6.07) is 16.0. The predicted molar refractivity (Wildman–Crippen MR) is 113 cm³/mol. The minimum absolute atomic E-state index is 0.0257. The molecular weight excluding hydrogens is 374 g/mol. The summed E-state index contributed by atoms with van der Waals surface area (Å²) in [5, 5.41) is 4.83. The number of morpholine rings is 1. The maximum absolute atomic E-state index is 12.5. The van der Waals surface area contributed by atoms with Crippen LogP contribution in [0.15, 0.2) is 54.7 Å². The van der Waals surface area contributed by atoms with Gasteiger partial charge < -0.3 is 19.5 Å². The highest BCUT2D eigenvalue weighted by Gasteiger charge is 2.14. The second-order valence-electron chi connectivity index (χ2n) is 7.13. The predicted octanol–water partition coefficient (Wildman–Crippen LogP) is 4.01. The van der Waals surface area contributed by atoms with Crippen molar-refractivity contribution in [3.8, 4) is 0 Å². The van der Waals surface area contributed by atoms with Gasteiger partial charge in [-0.05, 0) is 48.2 Å². The average molecular weight is 398 g/mol. The lowest BCUT2D eigenvalue weighted by Crippen LogP contribution is -2.36. The van der Waals surface area contributed by atoms with Crippen molar-refractivity contribution < 1.29 is 9.53 Å². The van der Waals surface area contributed by atoms with Crippen molar-refractivity contribution in [2.45, 2.75) is 19.5 Å². The second-order valence-corrected chi connectivity index (χ2v) is 7.56. The molecule has 28 heavy (non-hydrogen) atoms. The largest absolute Gasteiger partial charge is 0.378 e. The number of halogens is 1. The van der Waals surface area contributed by atoms with Crippen LogP contribution in [0, 0.1) is 0 Å². The molecule has 1 amide bonds. The molecule has 2 aromatic carbocycles. The summed E-state index contributed by atoms with van der Waals surface area (Å²) < 4.78 is 7.33. The van der Waals surface area contributed by atoms with Crippen LogP contribution in [0.5, 0.6) is 0 Å². The molecule has 4 rings (SSSR count). The minimum atomic E-state index is -0.0587. The summed E-state index contributed by atoms with van der Waals surface area (Å²) in [6.45, 7) is 5.65. The number of anilines is 1. The first-order valence-electron chi connectivity index (χ1n) is 9.56. The van der Waals surface area contributed by atoms with E-state index in [-0.39, 0.29) is 18.5 Å². The molecule has 0 aliphatic carbocycles. The third kappa shape index (κ3) is 4.16. The highest BCUT2D eigenvalue weighted by molar-refractivity contribution is 6.31. The van der Waals surface area contributed by atoms with E-state index in [0.29, 0.717) is 5.02 Å². The number of amides is 1. The van der Waals surface area contributed by atoms with Crippen LogP contribution in [0.25, 0.3) is 10.9 Å². The summed E-state index contributed by atoms with van der Waals surface area (Å²) in [4.78, 5) is 14.9. The van der Waals surface area contributed by atoms with Crippen LogP contribution in [0.1, 0.15) is 18.5 Å². The molecule has 0 bridgehead atoms. The van der Waals surface area contributed by atoms with E-state index in [1.165, 1.54) is 5.69 Å². The normalized spacial score (nSPS) is 15.6. The first kappa shape index (κ1) is 18.8. The number of fused-ring (bicyclic) bond motifs is 1. The fraction of sp³-hybridized carbons (Fsp3) is 0.318. The number of nitrogens with one attached hydrogen (secondary N) is 1. The second kappa shape index (κ2) is 8.25. The lowest BCUT2D eigenvalue weighted by molar-refractivity contribution is -0.122. The number of hydrogen-bond acceptors (Lipinski definition) is 3. The van der Waals surface area contributed by atoms with Gasteiger partial charge in [0.1, 0.15) is 6.54 Å². The molecule has 0 radical (unpaired) electrons. The standard InChI is InChI=1S/C22H24ClN3O2/c1-16(17-3-6-20(7-4-17)25-10-12-28-13-11-25)24-22(27)15-26-9-8-18-2-5-19(23)14-21(18)26/h2-9,14,16H,10-13,15H2,1H3,(H,24,27). The zero-order chi connectivity index (χ0) is 19.5. The van der Waals surface area contributed by atoms with E-state index in [1.54, 1.807) is 0 Å². The summed E-state index contributed by atoms with van der Waals surface area (Å²) in [6.07, 6.45) is 1.92. The number of hydrogen-bond donors (Lipinski definition) is 1. The Hall–Kier alpha value is -2.50. The van der Waals surface area contributed by atoms with Gasteiger partial charge in [0.2, 0.25) is 5.91 Å². The quantitative estimate of drug-likeness (QED) is 0.707. The van der Waals surface area contributed by atoms with E-state index >= 15 is 0 Å². The number of rotatable bonds is 5. The maximum Gasteiger partial charge on any atom is 0.240 e. The summed E-state index contributed by atoms with van der Waals surface area (Å²) in [5.41, 5.74) is 3.25. The van der Waals surface area contributed by atoms with E-state index < -0.39 is 0 Å². The SMILES string of the molecule is CC(NC(=O)Cn1ccc2ccc(Cl)cc21)c1ccc(N2CCOCC2)cc1. The van der Waals surface area contributed by atoms with Crippen LogP contribution in [-0.2, 0) is 16.1 Å². The number of ether oxygens (including phenoxy) is 1. The van der Waals surface area contributed by atoms with Gasteiger partial charge in [-0.3, -0.25) is 4.79 Å². The molecule has 3 aromatic rings. The van der Waals surface area contributed by atoms with Gasteiger partial charge in [0, 0.05) is 35.5 Å². The fourth-order valence-electron chi connectivity index (χ4n) is 3.62. The lowest BCUT2D eigenvalue weighted by Gasteiger charge is -2.29. The highest BCUT2D eigenvalue weighted by Crippen LogP contribution is 2.22. The summed E-state index contributed by atoms with van der Waals surface area (Å²) in [7, 11) is 0. The average Bonchev–Trinajstić information content (AvgIpc) is 3.10. The molecule has 1 unspecified atom stereocenters. The number of aromatic nitrogens is 1. The first-order chi connectivity index (χ1) is 13.6. The van der Waals surface area contributed by atoms with E-state index in [0.717, 1.165) is 42.8 Å². The Morgan fingerprint density at radius 3 is 2.64 bits per heavy atom. The number of benzene rings is 2. The molecule has 0 spiro atoms. The van der Waals surface area contributed by atoms with Crippen LogP contribution < -0.4 is 10.2 Å². The van der Waals surface area contributed by atoms with Crippen molar-refractivity contribution in [1.29, 1.82) is 0 Å². The summed E-state index contributed by atoms with van der Waals surface area (Å²) in [5.74, 6) is -0.0257. The van der Waals surface area contributed by atoms with Crippen LogP contribution in [-0.4, -0.2) is 36.8 Å². The molecule has 1 saturated heterocycles. The molecule has 1 atom stereocenters. The van der Waals surface area contributed by atoms with Crippen molar-refractivity contribution in [2.75, 3.05) is 31.2 Å². The van der Waals surface area contributed by atoms with Gasteiger partial charge in [0.25, 0.3) is 0 Å². The first-order valence-corrected chi connectivity index (χ1v) is 9.94. The van der Waals surface area contributed by atoms with Crippen molar-refractivity contribution in [1.82, 2.24) is 9.88 Å². The van der Waals surface area contributed by atoms with Gasteiger partial charge in [-0.2, -0.15) is 0 Å². The maximum atomic E-state index is 12.5. The van der Waals surface area contributed by atoms with Gasteiger partial charge >= 0.3 is 0 Å². The Kier molecular flexibility index (Phi) is 5.55. The molecule has 1 aromatic heterocycles. The highest BCUT2D eigenvalue weighted by atomic mass is 35.5.